The predicted octanol–water partition coefficient (Wildman–Crippen LogP) is 2.85. The number of nitriles is 1. The normalized spacial score (nSPS) is 16.9. The fourth-order valence-electron chi connectivity index (χ4n) is 3.01. The summed E-state index contributed by atoms with van der Waals surface area (Å²) in [5.74, 6) is -1.27. The van der Waals surface area contributed by atoms with Gasteiger partial charge in [-0.3, -0.25) is 4.79 Å². The lowest BCUT2D eigenvalue weighted by molar-refractivity contribution is -0.117. The van der Waals surface area contributed by atoms with Crippen molar-refractivity contribution in [2.75, 3.05) is 19.7 Å². The number of nitrogens with zero attached hydrogens (tertiary/aromatic N) is 1. The molecule has 1 atom stereocenters. The summed E-state index contributed by atoms with van der Waals surface area (Å²) >= 11 is 0. The van der Waals surface area contributed by atoms with E-state index in [1.54, 1.807) is 12.1 Å². The number of hydrogen-bond donors (Lipinski definition) is 1. The van der Waals surface area contributed by atoms with Gasteiger partial charge in [-0.05, 0) is 41.0 Å². The zero-order valence-electron chi connectivity index (χ0n) is 14.1. The first-order valence-corrected chi connectivity index (χ1v) is 8.37. The lowest BCUT2D eigenvalue weighted by Crippen LogP contribution is -2.33. The Morgan fingerprint density at radius 3 is 2.77 bits per heavy atom. The molecule has 0 saturated carbocycles. The van der Waals surface area contributed by atoms with Crippen LogP contribution in [0.1, 0.15) is 28.4 Å². The van der Waals surface area contributed by atoms with Crippen LogP contribution in [0.2, 0.25) is 0 Å². The second-order valence-electron chi connectivity index (χ2n) is 6.27. The van der Waals surface area contributed by atoms with Gasteiger partial charge in [-0.2, -0.15) is 5.26 Å². The average Bonchev–Trinajstić information content (AvgIpc) is 2.63. The van der Waals surface area contributed by atoms with Crippen molar-refractivity contribution < 1.29 is 18.3 Å². The van der Waals surface area contributed by atoms with Gasteiger partial charge < -0.3 is 10.1 Å². The van der Waals surface area contributed by atoms with Crippen molar-refractivity contribution in [3.63, 3.8) is 0 Å². The Morgan fingerprint density at radius 1 is 1.23 bits per heavy atom. The molecule has 134 valence electrons. The van der Waals surface area contributed by atoms with E-state index in [0.717, 1.165) is 18.2 Å². The lowest BCUT2D eigenvalue weighted by atomic mass is 9.99. The molecule has 0 radical (unpaired) electrons. The quantitative estimate of drug-likeness (QED) is 0.895. The van der Waals surface area contributed by atoms with E-state index >= 15 is 0 Å². The van der Waals surface area contributed by atoms with E-state index in [-0.39, 0.29) is 30.3 Å². The molecular formula is C20H18F2N2O2. The molecule has 1 saturated heterocycles. The first-order chi connectivity index (χ1) is 12.5. The third kappa shape index (κ3) is 4.51. The third-order valence-electron chi connectivity index (χ3n) is 4.25. The van der Waals surface area contributed by atoms with E-state index in [0.29, 0.717) is 24.3 Å². The number of rotatable bonds is 5. The van der Waals surface area contributed by atoms with E-state index in [1.807, 2.05) is 6.07 Å². The predicted molar refractivity (Wildman–Crippen MR) is 91.5 cm³/mol. The fourth-order valence-corrected chi connectivity index (χ4v) is 3.01. The zero-order valence-corrected chi connectivity index (χ0v) is 14.1. The molecule has 0 unspecified atom stereocenters. The van der Waals surface area contributed by atoms with Crippen LogP contribution in [0, 0.1) is 23.0 Å². The van der Waals surface area contributed by atoms with Crippen LogP contribution in [0.5, 0.6) is 0 Å². The van der Waals surface area contributed by atoms with Gasteiger partial charge >= 0.3 is 0 Å². The van der Waals surface area contributed by atoms with Crippen LogP contribution < -0.4 is 5.32 Å². The Bertz CT molecular complexity index is 855. The lowest BCUT2D eigenvalue weighted by Gasteiger charge is -2.24. The molecule has 1 N–H and O–H groups in total. The molecular weight excluding hydrogens is 338 g/mol. The summed E-state index contributed by atoms with van der Waals surface area (Å²) in [6, 6.07) is 10.4. The third-order valence-corrected chi connectivity index (χ3v) is 4.25. The first-order valence-electron chi connectivity index (χ1n) is 8.37. The summed E-state index contributed by atoms with van der Waals surface area (Å²) < 4.78 is 33.4. The van der Waals surface area contributed by atoms with Gasteiger partial charge in [-0.25, -0.2) is 8.78 Å². The van der Waals surface area contributed by atoms with Crippen LogP contribution in [-0.2, 0) is 22.4 Å². The molecule has 4 nitrogen and oxygen atoms in total. The van der Waals surface area contributed by atoms with Gasteiger partial charge in [0.1, 0.15) is 17.4 Å². The van der Waals surface area contributed by atoms with Gasteiger partial charge in [0.15, 0.2) is 0 Å². The molecule has 0 spiro atoms. The molecule has 3 rings (SSSR count). The standard InChI is InChI=1S/C20H18F2N2O2/c21-17-6-13(5-14(7-17)11-23)8-18(25)9-15-1-2-16(10-19(15)22)20-12-24-3-4-26-20/h1-2,5-7,10,20,24H,3-4,8-9,12H2/t20-/m1/s1. The average molecular weight is 356 g/mol. The molecule has 2 aromatic carbocycles. The van der Waals surface area contributed by atoms with Gasteiger partial charge in [0.2, 0.25) is 0 Å². The number of carbonyl (C=O) groups excluding carboxylic acids is 1. The van der Waals surface area contributed by atoms with Crippen molar-refractivity contribution >= 4 is 5.78 Å². The van der Waals surface area contributed by atoms with Gasteiger partial charge in [0, 0.05) is 25.9 Å². The van der Waals surface area contributed by atoms with Crippen molar-refractivity contribution in [2.24, 2.45) is 0 Å². The largest absolute Gasteiger partial charge is 0.371 e. The smallest absolute Gasteiger partial charge is 0.141 e. The highest BCUT2D eigenvalue weighted by Crippen LogP contribution is 2.22. The SMILES string of the molecule is N#Cc1cc(F)cc(CC(=O)Cc2ccc([C@H]3CNCCO3)cc2F)c1. The molecule has 0 aromatic heterocycles. The highest BCUT2D eigenvalue weighted by Gasteiger charge is 2.18. The van der Waals surface area contributed by atoms with Crippen molar-refractivity contribution in [1.29, 1.82) is 5.26 Å². The highest BCUT2D eigenvalue weighted by molar-refractivity contribution is 5.83. The van der Waals surface area contributed by atoms with E-state index < -0.39 is 11.6 Å². The van der Waals surface area contributed by atoms with Crippen molar-refractivity contribution in [3.05, 3.63) is 70.3 Å². The minimum absolute atomic E-state index is 0.0523. The maximum atomic E-state index is 14.4. The van der Waals surface area contributed by atoms with Crippen LogP contribution >= 0.6 is 0 Å². The molecule has 0 aliphatic carbocycles. The van der Waals surface area contributed by atoms with Crippen LogP contribution in [-0.4, -0.2) is 25.5 Å². The summed E-state index contributed by atoms with van der Waals surface area (Å²) in [5, 5.41) is 12.0. The molecule has 6 heteroatoms. The Morgan fingerprint density at radius 2 is 2.08 bits per heavy atom. The number of ether oxygens (including phenoxy) is 1. The molecule has 1 aliphatic rings. The Labute approximate surface area is 150 Å². The molecule has 1 aliphatic heterocycles. The molecule has 2 aromatic rings. The number of Topliss-reactive ketones (excluding diaryl/α,β-unsaturated/α-hetero) is 1. The monoisotopic (exact) mass is 356 g/mol. The molecule has 0 amide bonds. The van der Waals surface area contributed by atoms with E-state index in [4.69, 9.17) is 10.00 Å². The van der Waals surface area contributed by atoms with E-state index in [9.17, 15) is 13.6 Å². The summed E-state index contributed by atoms with van der Waals surface area (Å²) in [7, 11) is 0. The topological polar surface area (TPSA) is 62.1 Å². The Kier molecular flexibility index (Phi) is 5.71. The van der Waals surface area contributed by atoms with Gasteiger partial charge in [-0.15, -0.1) is 0 Å². The second-order valence-corrected chi connectivity index (χ2v) is 6.27. The maximum Gasteiger partial charge on any atom is 0.141 e. The minimum atomic E-state index is -0.566. The number of ketones is 1. The molecule has 1 heterocycles. The Hall–Kier alpha value is -2.62. The highest BCUT2D eigenvalue weighted by atomic mass is 19.1. The van der Waals surface area contributed by atoms with Gasteiger partial charge in [-0.1, -0.05) is 12.1 Å². The number of benzene rings is 2. The summed E-state index contributed by atoms with van der Waals surface area (Å²) in [5.41, 5.74) is 1.59. The second kappa shape index (κ2) is 8.17. The Balaban J connectivity index is 1.67. The molecule has 1 fully saturated rings. The minimum Gasteiger partial charge on any atom is -0.371 e. The molecule has 0 bridgehead atoms. The van der Waals surface area contributed by atoms with Crippen molar-refractivity contribution in [1.82, 2.24) is 5.32 Å². The number of halogens is 2. The maximum absolute atomic E-state index is 14.4. The van der Waals surface area contributed by atoms with Crippen LogP contribution in [0.4, 0.5) is 8.78 Å². The van der Waals surface area contributed by atoms with E-state index in [1.165, 1.54) is 18.2 Å². The number of hydrogen-bond acceptors (Lipinski definition) is 4. The zero-order chi connectivity index (χ0) is 18.5. The van der Waals surface area contributed by atoms with Crippen molar-refractivity contribution in [3.8, 4) is 6.07 Å². The van der Waals surface area contributed by atoms with E-state index in [2.05, 4.69) is 5.32 Å². The number of carbonyl (C=O) groups is 1. The summed E-state index contributed by atoms with van der Waals surface area (Å²) in [6.07, 6.45) is -0.336. The molecule has 26 heavy (non-hydrogen) atoms. The fraction of sp³-hybridized carbons (Fsp3) is 0.300. The van der Waals surface area contributed by atoms with Gasteiger partial charge in [0.05, 0.1) is 24.3 Å². The van der Waals surface area contributed by atoms with Crippen LogP contribution in [0.15, 0.2) is 36.4 Å². The van der Waals surface area contributed by atoms with Crippen LogP contribution in [0.3, 0.4) is 0 Å². The van der Waals surface area contributed by atoms with Gasteiger partial charge in [0.25, 0.3) is 0 Å². The first kappa shape index (κ1) is 18.2. The number of nitrogens with one attached hydrogen (secondary N) is 1. The number of morpholine rings is 1. The summed E-state index contributed by atoms with van der Waals surface area (Å²) in [6.45, 7) is 1.97. The van der Waals surface area contributed by atoms with Crippen molar-refractivity contribution in [2.45, 2.75) is 18.9 Å². The summed E-state index contributed by atoms with van der Waals surface area (Å²) in [4.78, 5) is 12.2. The van der Waals surface area contributed by atoms with Crippen LogP contribution in [0.25, 0.3) is 0 Å².